The van der Waals surface area contributed by atoms with Crippen LogP contribution in [0.4, 0.5) is 0 Å². The van der Waals surface area contributed by atoms with Crippen molar-refractivity contribution in [3.05, 3.63) is 78.6 Å². The second-order valence-electron chi connectivity index (χ2n) is 6.75. The normalized spacial score (nSPS) is 14.2. The Labute approximate surface area is 160 Å². The Morgan fingerprint density at radius 2 is 1.75 bits per heavy atom. The van der Waals surface area contributed by atoms with Crippen molar-refractivity contribution in [2.45, 2.75) is 12.6 Å². The summed E-state index contributed by atoms with van der Waals surface area (Å²) in [4.78, 5) is 16.1. The Balaban J connectivity index is 1.20. The van der Waals surface area contributed by atoms with E-state index in [9.17, 15) is 4.79 Å². The van der Waals surface area contributed by atoms with Gasteiger partial charge in [-0.3, -0.25) is 4.79 Å². The molecule has 1 aliphatic heterocycles. The number of carbonyl (C=O) groups excluding carboxylic acids is 1. The van der Waals surface area contributed by atoms with Crippen LogP contribution in [0.25, 0.3) is 5.69 Å². The van der Waals surface area contributed by atoms with Crippen LogP contribution in [-0.4, -0.2) is 58.5 Å². The quantitative estimate of drug-likeness (QED) is 0.527. The largest absolute Gasteiger partial charge is 0.334 e. The van der Waals surface area contributed by atoms with Gasteiger partial charge in [0.05, 0.1) is 24.6 Å². The van der Waals surface area contributed by atoms with E-state index in [2.05, 4.69) is 20.5 Å². The summed E-state index contributed by atoms with van der Waals surface area (Å²) in [5.41, 5.74) is 2.52. The number of nitrogens with zero attached hydrogens (tertiary/aromatic N) is 8. The molecular weight excluding hydrogens is 356 g/mol. The molecule has 0 spiro atoms. The van der Waals surface area contributed by atoms with Crippen molar-refractivity contribution in [1.82, 2.24) is 39.5 Å². The zero-order valence-corrected chi connectivity index (χ0v) is 15.0. The fourth-order valence-corrected chi connectivity index (χ4v) is 3.29. The van der Waals surface area contributed by atoms with Crippen molar-refractivity contribution in [2.75, 3.05) is 13.1 Å². The average Bonchev–Trinajstić information content (AvgIpc) is 3.44. The molecule has 0 bridgehead atoms. The van der Waals surface area contributed by atoms with Gasteiger partial charge in [0.2, 0.25) is 0 Å². The molecule has 28 heavy (non-hydrogen) atoms. The van der Waals surface area contributed by atoms with Crippen LogP contribution in [0, 0.1) is 0 Å². The minimum Gasteiger partial charge on any atom is -0.334 e. The second kappa shape index (κ2) is 6.76. The maximum atomic E-state index is 12.7. The minimum absolute atomic E-state index is 0.0383. The van der Waals surface area contributed by atoms with Gasteiger partial charge >= 0.3 is 0 Å². The molecule has 0 atom stereocenters. The highest BCUT2D eigenvalue weighted by Gasteiger charge is 2.33. The molecule has 140 valence electrons. The van der Waals surface area contributed by atoms with Crippen LogP contribution in [0.5, 0.6) is 0 Å². The third-order valence-electron chi connectivity index (χ3n) is 4.87. The van der Waals surface area contributed by atoms with Gasteiger partial charge in [0, 0.05) is 36.7 Å². The first kappa shape index (κ1) is 16.4. The van der Waals surface area contributed by atoms with Gasteiger partial charge in [-0.2, -0.15) is 15.0 Å². The zero-order valence-electron chi connectivity index (χ0n) is 15.0. The average molecular weight is 374 g/mol. The molecule has 1 saturated heterocycles. The van der Waals surface area contributed by atoms with Crippen LogP contribution in [-0.2, 0) is 6.54 Å². The van der Waals surface area contributed by atoms with Crippen molar-refractivity contribution in [1.29, 1.82) is 0 Å². The fourth-order valence-electron chi connectivity index (χ4n) is 3.29. The first-order chi connectivity index (χ1) is 13.8. The first-order valence-electron chi connectivity index (χ1n) is 9.04. The van der Waals surface area contributed by atoms with Crippen LogP contribution in [0.3, 0.4) is 0 Å². The Kier molecular flexibility index (Phi) is 3.97. The summed E-state index contributed by atoms with van der Waals surface area (Å²) in [6, 6.07) is 11.7. The van der Waals surface area contributed by atoms with Gasteiger partial charge in [0.1, 0.15) is 12.2 Å². The van der Waals surface area contributed by atoms with E-state index in [1.165, 1.54) is 0 Å². The lowest BCUT2D eigenvalue weighted by molar-refractivity contribution is 0.0498. The lowest BCUT2D eigenvalue weighted by Gasteiger charge is -2.38. The van der Waals surface area contributed by atoms with E-state index in [-0.39, 0.29) is 11.9 Å². The summed E-state index contributed by atoms with van der Waals surface area (Å²) in [6.45, 7) is 1.73. The third kappa shape index (κ3) is 3.07. The highest BCUT2D eigenvalue weighted by atomic mass is 16.2. The van der Waals surface area contributed by atoms with E-state index in [0.29, 0.717) is 25.2 Å². The number of aromatic nitrogens is 7. The predicted octanol–water partition coefficient (Wildman–Crippen LogP) is 1.41. The Hall–Kier alpha value is -3.75. The Morgan fingerprint density at radius 1 is 1.04 bits per heavy atom. The summed E-state index contributed by atoms with van der Waals surface area (Å²) in [6.07, 6.45) is 9.11. The first-order valence-corrected chi connectivity index (χ1v) is 9.04. The fraction of sp³-hybridized carbons (Fsp3) is 0.211. The molecule has 1 aliphatic rings. The van der Waals surface area contributed by atoms with Crippen molar-refractivity contribution >= 4 is 5.91 Å². The molecule has 4 aromatic rings. The molecule has 4 heterocycles. The molecular formula is C19H18N8O. The monoisotopic (exact) mass is 374 g/mol. The van der Waals surface area contributed by atoms with Crippen LogP contribution in [0.1, 0.15) is 22.1 Å². The molecule has 9 nitrogen and oxygen atoms in total. The topological polar surface area (TPSA) is 86.7 Å². The minimum atomic E-state index is 0.0383. The van der Waals surface area contributed by atoms with Crippen LogP contribution in [0.15, 0.2) is 67.4 Å². The number of hydrogen-bond donors (Lipinski definition) is 0. The van der Waals surface area contributed by atoms with Gasteiger partial charge in [0.25, 0.3) is 5.91 Å². The predicted molar refractivity (Wildman–Crippen MR) is 99.9 cm³/mol. The molecule has 3 aromatic heterocycles. The molecule has 0 N–H and O–H groups in total. The van der Waals surface area contributed by atoms with Gasteiger partial charge in [-0.25, -0.2) is 4.68 Å². The SMILES string of the molecule is O=C(c1ccc(-n2cccc2)cc1)N1CC(n2cc(Cn3nccn3)nn2)C1. The summed E-state index contributed by atoms with van der Waals surface area (Å²) in [5, 5.41) is 16.5. The third-order valence-corrected chi connectivity index (χ3v) is 4.87. The number of hydrogen-bond acceptors (Lipinski definition) is 5. The molecule has 0 aliphatic carbocycles. The zero-order chi connectivity index (χ0) is 18.9. The summed E-state index contributed by atoms with van der Waals surface area (Å²) in [5.74, 6) is 0.0383. The van der Waals surface area contributed by atoms with E-state index in [0.717, 1.165) is 11.4 Å². The molecule has 1 amide bonds. The molecule has 1 fully saturated rings. The summed E-state index contributed by atoms with van der Waals surface area (Å²) in [7, 11) is 0. The second-order valence-corrected chi connectivity index (χ2v) is 6.75. The number of amides is 1. The van der Waals surface area contributed by atoms with Gasteiger partial charge in [-0.1, -0.05) is 5.21 Å². The lowest BCUT2D eigenvalue weighted by Crippen LogP contribution is -2.50. The molecule has 9 heteroatoms. The maximum absolute atomic E-state index is 12.7. The van der Waals surface area contributed by atoms with Gasteiger partial charge in [-0.05, 0) is 36.4 Å². The summed E-state index contributed by atoms with van der Waals surface area (Å²) >= 11 is 0. The van der Waals surface area contributed by atoms with Gasteiger partial charge in [0.15, 0.2) is 0 Å². The van der Waals surface area contributed by atoms with Crippen molar-refractivity contribution in [3.63, 3.8) is 0 Å². The lowest BCUT2D eigenvalue weighted by atomic mass is 10.1. The maximum Gasteiger partial charge on any atom is 0.254 e. The van der Waals surface area contributed by atoms with E-state index in [1.807, 2.05) is 69.1 Å². The van der Waals surface area contributed by atoms with Gasteiger partial charge in [-0.15, -0.1) is 5.10 Å². The molecule has 5 rings (SSSR count). The van der Waals surface area contributed by atoms with E-state index >= 15 is 0 Å². The van der Waals surface area contributed by atoms with Crippen LogP contribution >= 0.6 is 0 Å². The van der Waals surface area contributed by atoms with E-state index < -0.39 is 0 Å². The van der Waals surface area contributed by atoms with Crippen molar-refractivity contribution in [3.8, 4) is 5.69 Å². The van der Waals surface area contributed by atoms with Gasteiger partial charge < -0.3 is 9.47 Å². The molecule has 0 saturated carbocycles. The number of carbonyl (C=O) groups is 1. The summed E-state index contributed by atoms with van der Waals surface area (Å²) < 4.78 is 3.83. The number of benzene rings is 1. The molecule has 1 aromatic carbocycles. The van der Waals surface area contributed by atoms with Crippen LogP contribution in [0.2, 0.25) is 0 Å². The molecule has 0 radical (unpaired) electrons. The smallest absolute Gasteiger partial charge is 0.254 e. The van der Waals surface area contributed by atoms with E-state index in [1.54, 1.807) is 17.2 Å². The Morgan fingerprint density at radius 3 is 2.46 bits per heavy atom. The highest BCUT2D eigenvalue weighted by Crippen LogP contribution is 2.23. The number of rotatable bonds is 5. The van der Waals surface area contributed by atoms with E-state index in [4.69, 9.17) is 0 Å². The van der Waals surface area contributed by atoms with Crippen molar-refractivity contribution in [2.24, 2.45) is 0 Å². The standard InChI is InChI=1S/C19H18N8O/c28-19(15-3-5-17(6-4-15)24-9-1-2-10-24)25-13-18(14-25)26-11-16(22-23-26)12-27-20-7-8-21-27/h1-11,18H,12-14H2. The number of likely N-dealkylation sites (tertiary alicyclic amines) is 1. The van der Waals surface area contributed by atoms with Crippen molar-refractivity contribution < 1.29 is 4.79 Å². The Bertz CT molecular complexity index is 1060. The molecule has 0 unspecified atom stereocenters. The van der Waals surface area contributed by atoms with Crippen LogP contribution < -0.4 is 0 Å². The highest BCUT2D eigenvalue weighted by molar-refractivity contribution is 5.95.